The van der Waals surface area contributed by atoms with E-state index in [2.05, 4.69) is 10.3 Å². The summed E-state index contributed by atoms with van der Waals surface area (Å²) in [6.45, 7) is 1.47. The molecule has 2 aromatic carbocycles. The first-order valence-electron chi connectivity index (χ1n) is 8.20. The number of nitrogens with one attached hydrogen (secondary N) is 2. The van der Waals surface area contributed by atoms with Gasteiger partial charge in [0, 0.05) is 47.5 Å². The van der Waals surface area contributed by atoms with Crippen molar-refractivity contribution in [3.05, 3.63) is 69.9 Å². The number of para-hydroxylation sites is 1. The lowest BCUT2D eigenvalue weighted by Gasteiger charge is -2.14. The number of nitrogens with zero attached hydrogens (tertiary/aromatic N) is 1. The van der Waals surface area contributed by atoms with Crippen LogP contribution in [0.3, 0.4) is 0 Å². The summed E-state index contributed by atoms with van der Waals surface area (Å²) in [5, 5.41) is 14.5. The Morgan fingerprint density at radius 2 is 1.93 bits per heavy atom. The average molecular weight is 367 g/mol. The molecule has 2 N–H and O–H groups in total. The maximum absolute atomic E-state index is 12.7. The van der Waals surface area contributed by atoms with Gasteiger partial charge in [-0.25, -0.2) is 4.79 Å². The molecule has 0 aliphatic rings. The second-order valence-corrected chi connectivity index (χ2v) is 5.90. The summed E-state index contributed by atoms with van der Waals surface area (Å²) in [5.74, 6) is -1.18. The number of hydrogen-bond donors (Lipinski definition) is 2. The molecule has 138 valence electrons. The number of non-ortho nitro benzene ring substituents is 1. The fourth-order valence-corrected chi connectivity index (χ4v) is 2.80. The molecule has 0 amide bonds. The van der Waals surface area contributed by atoms with Crippen molar-refractivity contribution >= 4 is 34.0 Å². The highest BCUT2D eigenvalue weighted by atomic mass is 16.6. The minimum Gasteiger partial charge on any atom is -0.451 e. The highest BCUT2D eigenvalue weighted by molar-refractivity contribution is 6.10. The number of aromatic amines is 1. The molecule has 0 saturated heterocycles. The summed E-state index contributed by atoms with van der Waals surface area (Å²) in [4.78, 5) is 38.6. The Bertz CT molecular complexity index is 1040. The molecule has 8 heteroatoms. The standard InChI is InChI=1S/C19H17N3O5/c1-11(18(23)15-10-21-17-6-4-3-5-13(15)17)27-19(24)14-9-12(22(25)26)7-8-16(14)20-2/h3-11,20-21H,1-2H3/t11-/m1/s1. The second kappa shape index (κ2) is 7.28. The number of carbonyl (C=O) groups is 2. The van der Waals surface area contributed by atoms with E-state index >= 15 is 0 Å². The normalized spacial score (nSPS) is 11.8. The number of Topliss-reactive ketones (excluding diaryl/α,β-unsaturated/α-hetero) is 1. The number of H-pyrrole nitrogens is 1. The zero-order chi connectivity index (χ0) is 19.6. The van der Waals surface area contributed by atoms with Crippen molar-refractivity contribution in [2.45, 2.75) is 13.0 Å². The maximum Gasteiger partial charge on any atom is 0.341 e. The molecule has 8 nitrogen and oxygen atoms in total. The summed E-state index contributed by atoms with van der Waals surface area (Å²) in [6.07, 6.45) is 0.518. The monoisotopic (exact) mass is 367 g/mol. The molecule has 1 atom stereocenters. The molecule has 0 spiro atoms. The van der Waals surface area contributed by atoms with Crippen molar-refractivity contribution in [1.82, 2.24) is 4.98 Å². The molecule has 0 aliphatic carbocycles. The van der Waals surface area contributed by atoms with Crippen LogP contribution in [0.5, 0.6) is 0 Å². The van der Waals surface area contributed by atoms with Gasteiger partial charge in [-0.3, -0.25) is 14.9 Å². The molecule has 0 saturated carbocycles. The Morgan fingerprint density at radius 1 is 1.19 bits per heavy atom. The van der Waals surface area contributed by atoms with E-state index in [0.29, 0.717) is 11.3 Å². The van der Waals surface area contributed by atoms with Gasteiger partial charge < -0.3 is 15.0 Å². The molecule has 0 bridgehead atoms. The Morgan fingerprint density at radius 3 is 2.63 bits per heavy atom. The number of hydrogen-bond acceptors (Lipinski definition) is 6. The minimum absolute atomic E-state index is 0.00900. The Kier molecular flexibility index (Phi) is 4.89. The number of esters is 1. The zero-order valence-electron chi connectivity index (χ0n) is 14.7. The van der Waals surface area contributed by atoms with Gasteiger partial charge in [0.2, 0.25) is 5.78 Å². The number of ketones is 1. The Hall–Kier alpha value is -3.68. The number of ether oxygens (including phenoxy) is 1. The summed E-state index contributed by atoms with van der Waals surface area (Å²) in [5.41, 5.74) is 1.34. The van der Waals surface area contributed by atoms with Crippen molar-refractivity contribution in [3.63, 3.8) is 0 Å². The Labute approximate surface area is 154 Å². The van der Waals surface area contributed by atoms with Crippen molar-refractivity contribution in [2.75, 3.05) is 12.4 Å². The van der Waals surface area contributed by atoms with Gasteiger partial charge in [0.05, 0.1) is 10.5 Å². The molecule has 27 heavy (non-hydrogen) atoms. The van der Waals surface area contributed by atoms with Gasteiger partial charge in [-0.1, -0.05) is 18.2 Å². The van der Waals surface area contributed by atoms with E-state index in [1.807, 2.05) is 18.2 Å². The molecule has 0 fully saturated rings. The fraction of sp³-hybridized carbons (Fsp3) is 0.158. The quantitative estimate of drug-likeness (QED) is 0.298. The molecule has 3 aromatic rings. The first-order chi connectivity index (χ1) is 12.9. The van der Waals surface area contributed by atoms with E-state index in [9.17, 15) is 19.7 Å². The van der Waals surface area contributed by atoms with E-state index < -0.39 is 17.0 Å². The summed E-state index contributed by atoms with van der Waals surface area (Å²) in [6, 6.07) is 11.1. The van der Waals surface area contributed by atoms with Crippen LogP contribution in [0.1, 0.15) is 27.6 Å². The summed E-state index contributed by atoms with van der Waals surface area (Å²) in [7, 11) is 1.58. The first-order valence-corrected chi connectivity index (χ1v) is 8.20. The number of nitro groups is 1. The van der Waals surface area contributed by atoms with E-state index in [4.69, 9.17) is 4.74 Å². The number of rotatable bonds is 6. The number of fused-ring (bicyclic) bond motifs is 1. The summed E-state index contributed by atoms with van der Waals surface area (Å²) >= 11 is 0. The molecule has 1 aromatic heterocycles. The van der Waals surface area contributed by atoms with Gasteiger partial charge in [-0.15, -0.1) is 0 Å². The average Bonchev–Trinajstić information content (AvgIpc) is 3.10. The SMILES string of the molecule is CNc1ccc([N+](=O)[O-])cc1C(=O)O[C@H](C)C(=O)c1c[nH]c2ccccc12. The van der Waals surface area contributed by atoms with Crippen molar-refractivity contribution < 1.29 is 19.2 Å². The van der Waals surface area contributed by atoms with Crippen LogP contribution < -0.4 is 5.32 Å². The third-order valence-electron chi connectivity index (χ3n) is 4.21. The molecule has 0 aliphatic heterocycles. The van der Waals surface area contributed by atoms with Gasteiger partial charge in [-0.2, -0.15) is 0 Å². The van der Waals surface area contributed by atoms with Crippen molar-refractivity contribution in [2.24, 2.45) is 0 Å². The van der Waals surface area contributed by atoms with Crippen molar-refractivity contribution in [1.29, 1.82) is 0 Å². The summed E-state index contributed by atoms with van der Waals surface area (Å²) < 4.78 is 5.28. The van der Waals surface area contributed by atoms with Crippen LogP contribution in [0, 0.1) is 10.1 Å². The number of nitro benzene ring substituents is 1. The van der Waals surface area contributed by atoms with E-state index in [-0.39, 0.29) is 17.0 Å². The van der Waals surface area contributed by atoms with Crippen LogP contribution in [0.2, 0.25) is 0 Å². The molecule has 0 radical (unpaired) electrons. The largest absolute Gasteiger partial charge is 0.451 e. The van der Waals surface area contributed by atoms with Gasteiger partial charge in [0.1, 0.15) is 0 Å². The van der Waals surface area contributed by atoms with Crippen molar-refractivity contribution in [3.8, 4) is 0 Å². The Balaban J connectivity index is 1.84. The zero-order valence-corrected chi connectivity index (χ0v) is 14.7. The van der Waals surface area contributed by atoms with Gasteiger partial charge >= 0.3 is 5.97 Å². The predicted octanol–water partition coefficient (Wildman–Crippen LogP) is 3.55. The van der Waals surface area contributed by atoms with Gasteiger partial charge in [0.25, 0.3) is 5.69 Å². The van der Waals surface area contributed by atoms with E-state index in [1.54, 1.807) is 19.3 Å². The number of aromatic nitrogens is 1. The highest BCUT2D eigenvalue weighted by Crippen LogP contribution is 2.24. The third kappa shape index (κ3) is 3.50. The van der Waals surface area contributed by atoms with E-state index in [0.717, 1.165) is 17.0 Å². The topological polar surface area (TPSA) is 114 Å². The highest BCUT2D eigenvalue weighted by Gasteiger charge is 2.25. The number of benzene rings is 2. The minimum atomic E-state index is -1.05. The van der Waals surface area contributed by atoms with Crippen LogP contribution in [0.25, 0.3) is 10.9 Å². The molecule has 3 rings (SSSR count). The fourth-order valence-electron chi connectivity index (χ4n) is 2.80. The molecular formula is C19H17N3O5. The lowest BCUT2D eigenvalue weighted by molar-refractivity contribution is -0.384. The van der Waals surface area contributed by atoms with Crippen LogP contribution in [-0.2, 0) is 4.74 Å². The second-order valence-electron chi connectivity index (χ2n) is 5.90. The first kappa shape index (κ1) is 18.1. The maximum atomic E-state index is 12.7. The predicted molar refractivity (Wildman–Crippen MR) is 100 cm³/mol. The third-order valence-corrected chi connectivity index (χ3v) is 4.21. The molecular weight excluding hydrogens is 350 g/mol. The lowest BCUT2D eigenvalue weighted by atomic mass is 10.1. The van der Waals surface area contributed by atoms with Crippen LogP contribution in [0.4, 0.5) is 11.4 Å². The molecule has 0 unspecified atom stereocenters. The number of anilines is 1. The molecule has 1 heterocycles. The smallest absolute Gasteiger partial charge is 0.341 e. The van der Waals surface area contributed by atoms with Gasteiger partial charge in [-0.05, 0) is 19.1 Å². The van der Waals surface area contributed by atoms with Gasteiger partial charge in [0.15, 0.2) is 6.10 Å². The van der Waals surface area contributed by atoms with Crippen LogP contribution >= 0.6 is 0 Å². The lowest BCUT2D eigenvalue weighted by Crippen LogP contribution is -2.24. The number of carbonyl (C=O) groups excluding carboxylic acids is 2. The van der Waals surface area contributed by atoms with Crippen LogP contribution in [0.15, 0.2) is 48.7 Å². The van der Waals surface area contributed by atoms with E-state index in [1.165, 1.54) is 19.1 Å². The van der Waals surface area contributed by atoms with Crippen LogP contribution in [-0.4, -0.2) is 34.8 Å².